The van der Waals surface area contributed by atoms with Crippen molar-refractivity contribution < 1.29 is 9.15 Å². The molecule has 6 heteroatoms. The summed E-state index contributed by atoms with van der Waals surface area (Å²) in [6.45, 7) is 2.07. The van der Waals surface area contributed by atoms with Gasteiger partial charge in [-0.05, 0) is 53.2 Å². The van der Waals surface area contributed by atoms with E-state index in [1.807, 2.05) is 12.1 Å². The highest BCUT2D eigenvalue weighted by atomic mass is 79.9. The van der Waals surface area contributed by atoms with E-state index in [1.165, 1.54) is 5.56 Å². The molecule has 0 aliphatic carbocycles. The number of ether oxygens (including phenoxy) is 1. The second-order valence-corrected chi connectivity index (χ2v) is 7.58. The van der Waals surface area contributed by atoms with Crippen LogP contribution in [0, 0.1) is 6.92 Å². The first-order valence-electron chi connectivity index (χ1n) is 7.46. The summed E-state index contributed by atoms with van der Waals surface area (Å²) < 4.78 is 11.9. The number of rotatable bonds is 5. The SMILES string of the molecule is COc1ccc(N=Cc2cc(Br)c(Sc3ccc(C)cc3)o2)cc1Cl. The number of methoxy groups -OCH3 is 1. The molecule has 0 saturated heterocycles. The van der Waals surface area contributed by atoms with Crippen LogP contribution in [0.5, 0.6) is 5.75 Å². The Bertz CT molecular complexity index is 906. The van der Waals surface area contributed by atoms with Crippen molar-refractivity contribution in [1.29, 1.82) is 0 Å². The summed E-state index contributed by atoms with van der Waals surface area (Å²) in [4.78, 5) is 5.51. The molecule has 0 spiro atoms. The van der Waals surface area contributed by atoms with Crippen molar-refractivity contribution in [3.8, 4) is 5.75 Å². The maximum absolute atomic E-state index is 6.11. The van der Waals surface area contributed by atoms with Gasteiger partial charge in [0.25, 0.3) is 0 Å². The van der Waals surface area contributed by atoms with E-state index in [-0.39, 0.29) is 0 Å². The predicted octanol–water partition coefficient (Wildman–Crippen LogP) is 6.91. The Balaban J connectivity index is 1.75. The lowest BCUT2D eigenvalue weighted by Gasteiger charge is -2.02. The van der Waals surface area contributed by atoms with E-state index in [4.69, 9.17) is 20.8 Å². The van der Waals surface area contributed by atoms with Gasteiger partial charge in [0.1, 0.15) is 11.5 Å². The summed E-state index contributed by atoms with van der Waals surface area (Å²) in [7, 11) is 1.58. The highest BCUT2D eigenvalue weighted by Gasteiger charge is 2.10. The third kappa shape index (κ3) is 4.69. The fraction of sp³-hybridized carbons (Fsp3) is 0.105. The number of furan rings is 1. The fourth-order valence-electron chi connectivity index (χ4n) is 2.09. The second-order valence-electron chi connectivity index (χ2n) is 5.28. The van der Waals surface area contributed by atoms with Gasteiger partial charge in [-0.15, -0.1) is 0 Å². The minimum absolute atomic E-state index is 0.522. The van der Waals surface area contributed by atoms with Gasteiger partial charge in [-0.2, -0.15) is 0 Å². The van der Waals surface area contributed by atoms with E-state index < -0.39 is 0 Å². The van der Waals surface area contributed by atoms with Crippen LogP contribution in [0.15, 0.2) is 72.4 Å². The molecule has 25 heavy (non-hydrogen) atoms. The van der Waals surface area contributed by atoms with Gasteiger partial charge in [0.2, 0.25) is 0 Å². The van der Waals surface area contributed by atoms with Crippen LogP contribution < -0.4 is 4.74 Å². The molecule has 0 radical (unpaired) electrons. The second kappa shape index (κ2) is 8.13. The summed E-state index contributed by atoms with van der Waals surface area (Å²) in [5.41, 5.74) is 1.96. The molecule has 128 valence electrons. The van der Waals surface area contributed by atoms with Gasteiger partial charge in [-0.3, -0.25) is 4.99 Å². The van der Waals surface area contributed by atoms with E-state index in [0.29, 0.717) is 16.5 Å². The van der Waals surface area contributed by atoms with Crippen molar-refractivity contribution in [1.82, 2.24) is 0 Å². The number of hydrogen-bond donors (Lipinski definition) is 0. The average molecular weight is 437 g/mol. The first-order chi connectivity index (χ1) is 12.0. The third-order valence-corrected chi connectivity index (χ3v) is 5.53. The van der Waals surface area contributed by atoms with Gasteiger partial charge in [0, 0.05) is 11.0 Å². The monoisotopic (exact) mass is 435 g/mol. The standard InChI is InChI=1S/C19H15BrClNO2S/c1-12-3-6-15(7-4-12)25-19-16(20)10-14(24-19)11-22-13-5-8-18(23-2)17(21)9-13/h3-11H,1-2H3. The summed E-state index contributed by atoms with van der Waals surface area (Å²) in [5, 5.41) is 1.31. The number of benzene rings is 2. The molecular weight excluding hydrogens is 422 g/mol. The van der Waals surface area contributed by atoms with Crippen LogP contribution in [-0.4, -0.2) is 13.3 Å². The van der Waals surface area contributed by atoms with Crippen LogP contribution in [0.2, 0.25) is 5.02 Å². The van der Waals surface area contributed by atoms with Gasteiger partial charge >= 0.3 is 0 Å². The van der Waals surface area contributed by atoms with Gasteiger partial charge in [-0.25, -0.2) is 0 Å². The van der Waals surface area contributed by atoms with Crippen LogP contribution in [0.25, 0.3) is 0 Å². The Morgan fingerprint density at radius 1 is 1.16 bits per heavy atom. The molecule has 0 aliphatic heterocycles. The van der Waals surface area contributed by atoms with E-state index in [2.05, 4.69) is 52.1 Å². The van der Waals surface area contributed by atoms with Crippen LogP contribution in [0.4, 0.5) is 5.69 Å². The number of nitrogens with zero attached hydrogens (tertiary/aromatic N) is 1. The normalized spacial score (nSPS) is 11.2. The van der Waals surface area contributed by atoms with Crippen molar-refractivity contribution in [3.63, 3.8) is 0 Å². The van der Waals surface area contributed by atoms with E-state index >= 15 is 0 Å². The molecule has 0 atom stereocenters. The highest BCUT2D eigenvalue weighted by molar-refractivity contribution is 9.10. The molecule has 1 aromatic heterocycles. The molecule has 2 aromatic carbocycles. The summed E-state index contributed by atoms with van der Waals surface area (Å²) in [6.07, 6.45) is 1.67. The Kier molecular flexibility index (Phi) is 5.89. The Morgan fingerprint density at radius 3 is 2.60 bits per heavy atom. The fourth-order valence-corrected chi connectivity index (χ4v) is 3.67. The lowest BCUT2D eigenvalue weighted by molar-refractivity contribution is 0.415. The van der Waals surface area contributed by atoms with Gasteiger partial charge in [-0.1, -0.05) is 41.1 Å². The number of aryl methyl sites for hydroxylation is 1. The Hall–Kier alpha value is -1.69. The molecule has 0 amide bonds. The number of aliphatic imine (C=N–C) groups is 1. The molecule has 0 unspecified atom stereocenters. The van der Waals surface area contributed by atoms with Gasteiger partial charge < -0.3 is 9.15 Å². The Labute approximate surface area is 164 Å². The smallest absolute Gasteiger partial charge is 0.179 e. The van der Waals surface area contributed by atoms with Gasteiger partial charge in [0.15, 0.2) is 5.09 Å². The van der Waals surface area contributed by atoms with Crippen molar-refractivity contribution in [2.75, 3.05) is 7.11 Å². The first kappa shape index (κ1) is 18.1. The molecule has 0 saturated carbocycles. The lowest BCUT2D eigenvalue weighted by atomic mass is 10.2. The molecule has 3 rings (SSSR count). The summed E-state index contributed by atoms with van der Waals surface area (Å²) >= 11 is 11.2. The summed E-state index contributed by atoms with van der Waals surface area (Å²) in [5.74, 6) is 1.28. The minimum Gasteiger partial charge on any atom is -0.495 e. The highest BCUT2D eigenvalue weighted by Crippen LogP contribution is 2.36. The molecule has 0 bridgehead atoms. The largest absolute Gasteiger partial charge is 0.495 e. The summed E-state index contributed by atoms with van der Waals surface area (Å²) in [6, 6.07) is 15.6. The maximum Gasteiger partial charge on any atom is 0.179 e. The Morgan fingerprint density at radius 2 is 1.92 bits per heavy atom. The van der Waals surface area contributed by atoms with E-state index in [1.54, 1.807) is 37.2 Å². The van der Waals surface area contributed by atoms with Crippen molar-refractivity contribution in [2.45, 2.75) is 16.9 Å². The van der Waals surface area contributed by atoms with Crippen molar-refractivity contribution in [2.24, 2.45) is 4.99 Å². The molecule has 0 N–H and O–H groups in total. The molecule has 3 aromatic rings. The first-order valence-corrected chi connectivity index (χ1v) is 9.45. The van der Waals surface area contributed by atoms with Crippen LogP contribution >= 0.6 is 39.3 Å². The topological polar surface area (TPSA) is 34.7 Å². The average Bonchev–Trinajstić information content (AvgIpc) is 2.95. The van der Waals surface area contributed by atoms with Crippen molar-refractivity contribution in [3.05, 3.63) is 69.3 Å². The van der Waals surface area contributed by atoms with Crippen LogP contribution in [-0.2, 0) is 0 Å². The zero-order valence-electron chi connectivity index (χ0n) is 13.6. The van der Waals surface area contributed by atoms with Crippen LogP contribution in [0.1, 0.15) is 11.3 Å². The van der Waals surface area contributed by atoms with Crippen molar-refractivity contribution >= 4 is 51.2 Å². The molecular formula is C19H15BrClNO2S. The molecule has 0 aliphatic rings. The number of halogens is 2. The molecule has 0 fully saturated rings. The predicted molar refractivity (Wildman–Crippen MR) is 107 cm³/mol. The molecule has 3 nitrogen and oxygen atoms in total. The zero-order chi connectivity index (χ0) is 17.8. The van der Waals surface area contributed by atoms with Crippen LogP contribution in [0.3, 0.4) is 0 Å². The van der Waals surface area contributed by atoms with E-state index in [0.717, 1.165) is 20.1 Å². The van der Waals surface area contributed by atoms with Gasteiger partial charge in [0.05, 0.1) is 28.5 Å². The lowest BCUT2D eigenvalue weighted by Crippen LogP contribution is -1.82. The number of hydrogen-bond acceptors (Lipinski definition) is 4. The quantitative estimate of drug-likeness (QED) is 0.407. The third-order valence-electron chi connectivity index (χ3n) is 3.38. The zero-order valence-corrected chi connectivity index (χ0v) is 16.8. The molecule has 1 heterocycles. The minimum atomic E-state index is 0.522. The maximum atomic E-state index is 6.11. The van der Waals surface area contributed by atoms with E-state index in [9.17, 15) is 0 Å².